The summed E-state index contributed by atoms with van der Waals surface area (Å²) in [5.41, 5.74) is 2.02. The molecule has 1 aromatic carbocycles. The maximum atomic E-state index is 11.5. The molecule has 0 saturated carbocycles. The van der Waals surface area contributed by atoms with Crippen LogP contribution in [0.1, 0.15) is 12.5 Å². The van der Waals surface area contributed by atoms with Crippen LogP contribution in [-0.4, -0.2) is 25.2 Å². The zero-order chi connectivity index (χ0) is 11.5. The molecule has 86 valence electrons. The monoisotopic (exact) mass is 221 g/mol. The Morgan fingerprint density at radius 3 is 3.19 bits per heavy atom. The largest absolute Gasteiger partial charge is 0.475 e. The molecule has 1 N–H and O–H groups in total. The molecule has 16 heavy (non-hydrogen) atoms. The second kappa shape index (κ2) is 4.43. The first-order valence-electron chi connectivity index (χ1n) is 5.38. The van der Waals surface area contributed by atoms with Crippen LogP contribution < -0.4 is 10.1 Å². The molecule has 0 aromatic heterocycles. The summed E-state index contributed by atoms with van der Waals surface area (Å²) < 4.78 is 10.5. The van der Waals surface area contributed by atoms with E-state index < -0.39 is 6.10 Å². The summed E-state index contributed by atoms with van der Waals surface area (Å²) in [5, 5.41) is 3.15. The molecule has 1 aliphatic rings. The van der Waals surface area contributed by atoms with Gasteiger partial charge in [-0.15, -0.1) is 0 Å². The van der Waals surface area contributed by atoms with Crippen molar-refractivity contribution in [3.63, 3.8) is 0 Å². The van der Waals surface area contributed by atoms with E-state index in [9.17, 15) is 4.79 Å². The van der Waals surface area contributed by atoms with Crippen molar-refractivity contribution in [2.45, 2.75) is 20.0 Å². The number of aryl methyl sites for hydroxylation is 1. The Labute approximate surface area is 94.6 Å². The minimum absolute atomic E-state index is 0.317. The molecule has 1 aromatic rings. The minimum atomic E-state index is -0.547. The maximum Gasteiger partial charge on any atom is 0.349 e. The van der Waals surface area contributed by atoms with Crippen LogP contribution in [0.4, 0.5) is 5.69 Å². The molecule has 1 atom stereocenters. The molecule has 2 rings (SSSR count). The molecule has 0 unspecified atom stereocenters. The van der Waals surface area contributed by atoms with Crippen molar-refractivity contribution < 1.29 is 14.3 Å². The molecule has 0 radical (unpaired) electrons. The van der Waals surface area contributed by atoms with E-state index in [4.69, 9.17) is 9.47 Å². The van der Waals surface area contributed by atoms with Crippen molar-refractivity contribution in [2.24, 2.45) is 0 Å². The summed E-state index contributed by atoms with van der Waals surface area (Å²) >= 11 is 0. The molecule has 0 spiro atoms. The van der Waals surface area contributed by atoms with E-state index >= 15 is 0 Å². The zero-order valence-electron chi connectivity index (χ0n) is 9.45. The van der Waals surface area contributed by atoms with E-state index in [0.29, 0.717) is 18.9 Å². The number of nitrogens with one attached hydrogen (secondary N) is 1. The van der Waals surface area contributed by atoms with Crippen LogP contribution >= 0.6 is 0 Å². The number of benzene rings is 1. The second-order valence-corrected chi connectivity index (χ2v) is 3.74. The van der Waals surface area contributed by atoms with Crippen molar-refractivity contribution in [1.29, 1.82) is 0 Å². The van der Waals surface area contributed by atoms with Crippen LogP contribution in [0.2, 0.25) is 0 Å². The third-order valence-electron chi connectivity index (χ3n) is 2.43. The fraction of sp³-hybridized carbons (Fsp3) is 0.417. The molecule has 0 fully saturated rings. The summed E-state index contributed by atoms with van der Waals surface area (Å²) in [6.45, 7) is 4.60. The Kier molecular flexibility index (Phi) is 2.99. The van der Waals surface area contributed by atoms with Gasteiger partial charge in [0.15, 0.2) is 0 Å². The van der Waals surface area contributed by atoms with Crippen LogP contribution in [-0.2, 0) is 9.53 Å². The quantitative estimate of drug-likeness (QED) is 0.773. The maximum absolute atomic E-state index is 11.5. The third-order valence-corrected chi connectivity index (χ3v) is 2.43. The van der Waals surface area contributed by atoms with Crippen LogP contribution in [0.3, 0.4) is 0 Å². The number of fused-ring (bicyclic) bond motifs is 1. The average Bonchev–Trinajstić information content (AvgIpc) is 2.28. The van der Waals surface area contributed by atoms with Gasteiger partial charge in [0.25, 0.3) is 0 Å². The van der Waals surface area contributed by atoms with Gasteiger partial charge in [0.2, 0.25) is 6.10 Å². The predicted molar refractivity (Wildman–Crippen MR) is 60.7 cm³/mol. The first-order valence-corrected chi connectivity index (χ1v) is 5.38. The van der Waals surface area contributed by atoms with Gasteiger partial charge in [0, 0.05) is 0 Å². The standard InChI is InChI=1S/C12H15NO3/c1-3-15-12(14)11-7-13-9-5-4-8(2)6-10(9)16-11/h4-6,11,13H,3,7H2,1-2H3/t11-/m1/s1. The van der Waals surface area contributed by atoms with Gasteiger partial charge in [-0.3, -0.25) is 0 Å². The predicted octanol–water partition coefficient (Wildman–Crippen LogP) is 1.73. The van der Waals surface area contributed by atoms with Crippen LogP contribution in [0, 0.1) is 6.92 Å². The number of carbonyl (C=O) groups excluding carboxylic acids is 1. The highest BCUT2D eigenvalue weighted by molar-refractivity contribution is 5.77. The molecule has 0 aliphatic carbocycles. The fourth-order valence-corrected chi connectivity index (χ4v) is 1.64. The summed E-state index contributed by atoms with van der Waals surface area (Å²) in [4.78, 5) is 11.5. The number of hydrogen-bond acceptors (Lipinski definition) is 4. The highest BCUT2D eigenvalue weighted by Gasteiger charge is 2.26. The number of hydrogen-bond donors (Lipinski definition) is 1. The Morgan fingerprint density at radius 1 is 1.62 bits per heavy atom. The number of anilines is 1. The fourth-order valence-electron chi connectivity index (χ4n) is 1.64. The van der Waals surface area contributed by atoms with E-state index in [1.807, 2.05) is 25.1 Å². The first-order chi connectivity index (χ1) is 7.70. The Balaban J connectivity index is 2.13. The summed E-state index contributed by atoms with van der Waals surface area (Å²) in [6, 6.07) is 5.86. The number of ether oxygens (including phenoxy) is 2. The van der Waals surface area contributed by atoms with Crippen molar-refractivity contribution >= 4 is 11.7 Å². The lowest BCUT2D eigenvalue weighted by Gasteiger charge is -2.26. The van der Waals surface area contributed by atoms with E-state index in [2.05, 4.69) is 5.32 Å². The Hall–Kier alpha value is -1.71. The van der Waals surface area contributed by atoms with Gasteiger partial charge >= 0.3 is 5.97 Å². The van der Waals surface area contributed by atoms with Gasteiger partial charge in [0.05, 0.1) is 18.8 Å². The lowest BCUT2D eigenvalue weighted by Crippen LogP contribution is -2.38. The van der Waals surface area contributed by atoms with Crippen molar-refractivity contribution in [2.75, 3.05) is 18.5 Å². The van der Waals surface area contributed by atoms with Gasteiger partial charge in [-0.1, -0.05) is 6.07 Å². The number of esters is 1. The second-order valence-electron chi connectivity index (χ2n) is 3.74. The molecule has 0 amide bonds. The summed E-state index contributed by atoms with van der Waals surface area (Å²) in [5.74, 6) is 0.395. The van der Waals surface area contributed by atoms with E-state index in [1.165, 1.54) is 0 Å². The molecular weight excluding hydrogens is 206 g/mol. The number of rotatable bonds is 2. The molecule has 4 heteroatoms. The molecule has 0 saturated heterocycles. The first kappa shape index (κ1) is 10.8. The van der Waals surface area contributed by atoms with Crippen LogP contribution in [0.25, 0.3) is 0 Å². The van der Waals surface area contributed by atoms with E-state index in [1.54, 1.807) is 6.92 Å². The van der Waals surface area contributed by atoms with Gasteiger partial charge < -0.3 is 14.8 Å². The van der Waals surface area contributed by atoms with Crippen molar-refractivity contribution in [3.05, 3.63) is 23.8 Å². The normalized spacial score (nSPS) is 18.0. The highest BCUT2D eigenvalue weighted by Crippen LogP contribution is 2.29. The lowest BCUT2D eigenvalue weighted by atomic mass is 10.1. The Morgan fingerprint density at radius 2 is 2.44 bits per heavy atom. The topological polar surface area (TPSA) is 47.6 Å². The van der Waals surface area contributed by atoms with Gasteiger partial charge in [-0.05, 0) is 31.5 Å². The average molecular weight is 221 g/mol. The van der Waals surface area contributed by atoms with E-state index in [-0.39, 0.29) is 5.97 Å². The SMILES string of the molecule is CCOC(=O)[C@H]1CNc2ccc(C)cc2O1. The minimum Gasteiger partial charge on any atom is -0.475 e. The molecular formula is C12H15NO3. The van der Waals surface area contributed by atoms with Crippen LogP contribution in [0.15, 0.2) is 18.2 Å². The lowest BCUT2D eigenvalue weighted by molar-refractivity contribution is -0.150. The zero-order valence-corrected chi connectivity index (χ0v) is 9.45. The number of carbonyl (C=O) groups is 1. The van der Waals surface area contributed by atoms with Gasteiger partial charge in [-0.25, -0.2) is 4.79 Å². The molecule has 4 nitrogen and oxygen atoms in total. The third kappa shape index (κ3) is 2.10. The summed E-state index contributed by atoms with van der Waals surface area (Å²) in [6.07, 6.45) is -0.547. The van der Waals surface area contributed by atoms with Crippen molar-refractivity contribution in [1.82, 2.24) is 0 Å². The highest BCUT2D eigenvalue weighted by atomic mass is 16.6. The smallest absolute Gasteiger partial charge is 0.349 e. The molecule has 1 aliphatic heterocycles. The molecule has 0 bridgehead atoms. The summed E-state index contributed by atoms with van der Waals surface area (Å²) in [7, 11) is 0. The van der Waals surface area contributed by atoms with Gasteiger partial charge in [0.1, 0.15) is 5.75 Å². The van der Waals surface area contributed by atoms with E-state index in [0.717, 1.165) is 11.3 Å². The van der Waals surface area contributed by atoms with Crippen LogP contribution in [0.5, 0.6) is 5.75 Å². The van der Waals surface area contributed by atoms with Crippen molar-refractivity contribution in [3.8, 4) is 5.75 Å². The molecule has 1 heterocycles. The Bertz CT molecular complexity index is 403. The van der Waals surface area contributed by atoms with Gasteiger partial charge in [-0.2, -0.15) is 0 Å².